The van der Waals surface area contributed by atoms with Crippen LogP contribution in [0, 0.1) is 0 Å². The lowest BCUT2D eigenvalue weighted by atomic mass is 10.2. The molecule has 0 bridgehead atoms. The minimum atomic E-state index is -2.85. The number of nitrogens with zero attached hydrogens (tertiary/aromatic N) is 1. The predicted octanol–water partition coefficient (Wildman–Crippen LogP) is -0.320. The van der Waals surface area contributed by atoms with Crippen LogP contribution in [-0.2, 0) is 9.84 Å². The van der Waals surface area contributed by atoms with Crippen molar-refractivity contribution in [1.29, 1.82) is 0 Å². The number of sulfone groups is 1. The molecule has 0 aromatic rings. The minimum Gasteiger partial charge on any atom is -0.409 e. The summed E-state index contributed by atoms with van der Waals surface area (Å²) in [4.78, 5) is 0. The van der Waals surface area contributed by atoms with E-state index in [0.29, 0.717) is 25.3 Å². The number of hydrogen-bond acceptors (Lipinski definition) is 5. The Hall–Kier alpha value is -0.820. The number of nitrogens with two attached hydrogens (primary N) is 1. The van der Waals surface area contributed by atoms with E-state index in [1.165, 1.54) is 0 Å². The van der Waals surface area contributed by atoms with Gasteiger partial charge < -0.3 is 16.3 Å². The van der Waals surface area contributed by atoms with Crippen molar-refractivity contribution in [3.05, 3.63) is 0 Å². The average Bonchev–Trinajstić information content (AvgIpc) is 2.57. The van der Waals surface area contributed by atoms with E-state index in [-0.39, 0.29) is 11.1 Å². The van der Waals surface area contributed by atoms with E-state index < -0.39 is 9.84 Å². The van der Waals surface area contributed by atoms with Gasteiger partial charge >= 0.3 is 0 Å². The maximum absolute atomic E-state index is 11.5. The lowest BCUT2D eigenvalue weighted by Gasteiger charge is -2.10. The summed E-state index contributed by atoms with van der Waals surface area (Å²) in [6.45, 7) is 1.20. The van der Waals surface area contributed by atoms with Gasteiger partial charge in [0.1, 0.15) is 5.84 Å². The first kappa shape index (κ1) is 13.2. The Balaban J connectivity index is 2.12. The highest BCUT2D eigenvalue weighted by molar-refractivity contribution is 7.92. The van der Waals surface area contributed by atoms with Crippen molar-refractivity contribution in [2.45, 2.75) is 30.9 Å². The van der Waals surface area contributed by atoms with Crippen LogP contribution in [0.1, 0.15) is 25.7 Å². The molecule has 0 aromatic carbocycles. The van der Waals surface area contributed by atoms with Gasteiger partial charge in [0.25, 0.3) is 0 Å². The molecule has 0 spiro atoms. The van der Waals surface area contributed by atoms with Gasteiger partial charge in [0.15, 0.2) is 9.84 Å². The summed E-state index contributed by atoms with van der Waals surface area (Å²) >= 11 is 0. The highest BCUT2D eigenvalue weighted by atomic mass is 32.2. The molecule has 0 radical (unpaired) electrons. The van der Waals surface area contributed by atoms with Crippen LogP contribution in [0.5, 0.6) is 0 Å². The molecule has 6 nitrogen and oxygen atoms in total. The van der Waals surface area contributed by atoms with Crippen LogP contribution in [0.15, 0.2) is 5.16 Å². The zero-order valence-electron chi connectivity index (χ0n) is 9.22. The second-order valence-corrected chi connectivity index (χ2v) is 6.43. The number of rotatable bonds is 6. The fourth-order valence-electron chi connectivity index (χ4n) is 1.79. The first-order chi connectivity index (χ1) is 7.56. The molecule has 0 amide bonds. The lowest BCUT2D eigenvalue weighted by molar-refractivity contribution is 0.316. The van der Waals surface area contributed by atoms with Crippen LogP contribution >= 0.6 is 0 Å². The smallest absolute Gasteiger partial charge is 0.154 e. The maximum Gasteiger partial charge on any atom is 0.154 e. The number of nitrogens with one attached hydrogen (secondary N) is 1. The number of hydrogen-bond donors (Lipinski definition) is 3. The van der Waals surface area contributed by atoms with Gasteiger partial charge in [-0.2, -0.15) is 0 Å². The van der Waals surface area contributed by atoms with Gasteiger partial charge in [-0.05, 0) is 25.8 Å². The van der Waals surface area contributed by atoms with Gasteiger partial charge in [-0.3, -0.25) is 0 Å². The SMILES string of the molecule is NC(CCCNCC1CCCS1(=O)=O)=NO. The lowest BCUT2D eigenvalue weighted by Crippen LogP contribution is -2.31. The number of amidine groups is 1. The Morgan fingerprint density at radius 3 is 2.88 bits per heavy atom. The van der Waals surface area contributed by atoms with Crippen LogP contribution in [0.2, 0.25) is 0 Å². The Bertz CT molecular complexity index is 340. The molecule has 7 heteroatoms. The molecule has 1 aliphatic rings. The molecule has 1 atom stereocenters. The highest BCUT2D eigenvalue weighted by Crippen LogP contribution is 2.18. The summed E-state index contributed by atoms with van der Waals surface area (Å²) in [5, 5.41) is 14.0. The monoisotopic (exact) mass is 249 g/mol. The van der Waals surface area contributed by atoms with Crippen molar-refractivity contribution in [3.63, 3.8) is 0 Å². The molecule has 0 saturated carbocycles. The molecule has 1 rings (SSSR count). The van der Waals surface area contributed by atoms with E-state index >= 15 is 0 Å². The molecule has 94 valence electrons. The quantitative estimate of drug-likeness (QED) is 0.197. The molecule has 1 aliphatic heterocycles. The maximum atomic E-state index is 11.5. The average molecular weight is 249 g/mol. The Morgan fingerprint density at radius 2 is 2.31 bits per heavy atom. The minimum absolute atomic E-state index is 0.204. The number of oxime groups is 1. The van der Waals surface area contributed by atoms with E-state index in [1.807, 2.05) is 0 Å². The Labute approximate surface area is 95.8 Å². The van der Waals surface area contributed by atoms with Gasteiger partial charge in [0.05, 0.1) is 11.0 Å². The van der Waals surface area contributed by atoms with Crippen LogP contribution in [0.3, 0.4) is 0 Å². The first-order valence-electron chi connectivity index (χ1n) is 5.45. The van der Waals surface area contributed by atoms with Gasteiger partial charge in [-0.1, -0.05) is 5.16 Å². The highest BCUT2D eigenvalue weighted by Gasteiger charge is 2.30. The van der Waals surface area contributed by atoms with Gasteiger partial charge in [0.2, 0.25) is 0 Å². The molecule has 0 aliphatic carbocycles. The predicted molar refractivity (Wildman–Crippen MR) is 62.3 cm³/mol. The zero-order chi connectivity index (χ0) is 12.0. The molecule has 1 unspecified atom stereocenters. The largest absolute Gasteiger partial charge is 0.409 e. The fraction of sp³-hybridized carbons (Fsp3) is 0.889. The molecule has 1 saturated heterocycles. The second kappa shape index (κ2) is 6.05. The van der Waals surface area contributed by atoms with Crippen LogP contribution in [-0.4, -0.2) is 43.6 Å². The van der Waals surface area contributed by atoms with Crippen LogP contribution in [0.25, 0.3) is 0 Å². The first-order valence-corrected chi connectivity index (χ1v) is 7.16. The summed E-state index contributed by atoms with van der Waals surface area (Å²) < 4.78 is 22.9. The summed E-state index contributed by atoms with van der Waals surface area (Å²) in [5.41, 5.74) is 5.30. The second-order valence-electron chi connectivity index (χ2n) is 4.03. The van der Waals surface area contributed by atoms with Crippen molar-refractivity contribution in [2.75, 3.05) is 18.8 Å². The van der Waals surface area contributed by atoms with E-state index in [4.69, 9.17) is 10.9 Å². The summed E-state index contributed by atoms with van der Waals surface area (Å²) in [5.74, 6) is 0.527. The molecule has 1 heterocycles. The summed E-state index contributed by atoms with van der Waals surface area (Å²) in [7, 11) is -2.85. The van der Waals surface area contributed by atoms with Gasteiger partial charge in [-0.15, -0.1) is 0 Å². The van der Waals surface area contributed by atoms with E-state index in [1.54, 1.807) is 0 Å². The standard InChI is InChI=1S/C9H19N3O3S/c10-9(12-13)4-1-5-11-7-8-3-2-6-16(8,14)15/h8,11,13H,1-7H2,(H2,10,12). The van der Waals surface area contributed by atoms with Crippen LogP contribution < -0.4 is 11.1 Å². The normalized spacial score (nSPS) is 24.8. The third kappa shape index (κ3) is 3.97. The van der Waals surface area contributed by atoms with Crippen LogP contribution in [0.4, 0.5) is 0 Å². The third-order valence-electron chi connectivity index (χ3n) is 2.75. The molecule has 0 aromatic heterocycles. The Kier molecular flexibility index (Phi) is 5.01. The van der Waals surface area contributed by atoms with E-state index in [9.17, 15) is 8.42 Å². The molecule has 16 heavy (non-hydrogen) atoms. The van der Waals surface area contributed by atoms with Crippen molar-refractivity contribution >= 4 is 15.7 Å². The van der Waals surface area contributed by atoms with Crippen molar-refractivity contribution < 1.29 is 13.6 Å². The van der Waals surface area contributed by atoms with Crippen molar-refractivity contribution in [2.24, 2.45) is 10.9 Å². The third-order valence-corrected chi connectivity index (χ3v) is 5.03. The fourth-order valence-corrected chi connectivity index (χ4v) is 3.59. The summed E-state index contributed by atoms with van der Waals surface area (Å²) in [6, 6.07) is 0. The molecular formula is C9H19N3O3S. The molecular weight excluding hydrogens is 230 g/mol. The molecule has 1 fully saturated rings. The Morgan fingerprint density at radius 1 is 1.56 bits per heavy atom. The van der Waals surface area contributed by atoms with Crippen molar-refractivity contribution in [3.8, 4) is 0 Å². The van der Waals surface area contributed by atoms with Gasteiger partial charge in [0, 0.05) is 13.0 Å². The van der Waals surface area contributed by atoms with E-state index in [2.05, 4.69) is 10.5 Å². The van der Waals surface area contributed by atoms with Gasteiger partial charge in [-0.25, -0.2) is 8.42 Å². The zero-order valence-corrected chi connectivity index (χ0v) is 10.0. The topological polar surface area (TPSA) is 105 Å². The molecule has 4 N–H and O–H groups in total. The van der Waals surface area contributed by atoms with E-state index in [0.717, 1.165) is 19.3 Å². The summed E-state index contributed by atoms with van der Waals surface area (Å²) in [6.07, 6.45) is 2.79. The van der Waals surface area contributed by atoms with Crippen molar-refractivity contribution in [1.82, 2.24) is 5.32 Å².